The lowest BCUT2D eigenvalue weighted by Gasteiger charge is -2.08. The average molecular weight is 400 g/mol. The number of hydrogen-bond donors (Lipinski definition) is 1. The molecule has 8 heteroatoms. The van der Waals surface area contributed by atoms with Crippen LogP contribution in [-0.2, 0) is 6.54 Å². The Labute approximate surface area is 172 Å². The van der Waals surface area contributed by atoms with Gasteiger partial charge in [0.05, 0.1) is 17.5 Å². The molecule has 0 saturated heterocycles. The van der Waals surface area contributed by atoms with Gasteiger partial charge in [-0.15, -0.1) is 0 Å². The fourth-order valence-electron chi connectivity index (χ4n) is 2.87. The summed E-state index contributed by atoms with van der Waals surface area (Å²) in [4.78, 5) is 33.1. The van der Waals surface area contributed by atoms with E-state index in [1.54, 1.807) is 55.2 Å². The number of aryl methyl sites for hydroxylation is 1. The van der Waals surface area contributed by atoms with Crippen molar-refractivity contribution < 1.29 is 9.18 Å². The zero-order chi connectivity index (χ0) is 20.9. The van der Waals surface area contributed by atoms with Crippen molar-refractivity contribution in [1.29, 1.82) is 0 Å². The Hall–Kier alpha value is -4.07. The molecule has 1 amide bonds. The standard InChI is InChI=1S/C22H17FN6O/c1-14-8-16(4-5-25-14)21-18(23)9-15(10-28-21)11-29-22(30)17-2-3-19(27-12-17)20-13-24-6-7-26-20/h2-10,12-13H,11H2,1H3,(H,29,30). The molecule has 7 nitrogen and oxygen atoms in total. The van der Waals surface area contributed by atoms with Crippen molar-refractivity contribution in [3.8, 4) is 22.6 Å². The van der Waals surface area contributed by atoms with Crippen LogP contribution in [0.1, 0.15) is 21.6 Å². The second kappa shape index (κ2) is 8.52. The monoisotopic (exact) mass is 400 g/mol. The smallest absolute Gasteiger partial charge is 0.253 e. The Morgan fingerprint density at radius 2 is 1.83 bits per heavy atom. The topological polar surface area (TPSA) is 93.6 Å². The highest BCUT2D eigenvalue weighted by Gasteiger charge is 2.11. The summed E-state index contributed by atoms with van der Waals surface area (Å²) in [6.07, 6.45) is 9.38. The van der Waals surface area contributed by atoms with E-state index in [9.17, 15) is 9.18 Å². The maximum absolute atomic E-state index is 14.5. The summed E-state index contributed by atoms with van der Waals surface area (Å²) in [5.41, 5.74) is 3.87. The van der Waals surface area contributed by atoms with Gasteiger partial charge in [0.25, 0.3) is 5.91 Å². The summed E-state index contributed by atoms with van der Waals surface area (Å²) >= 11 is 0. The SMILES string of the molecule is Cc1cc(-c2ncc(CNC(=O)c3ccc(-c4cnccn4)nc3)cc2F)ccn1. The van der Waals surface area contributed by atoms with E-state index >= 15 is 0 Å². The molecule has 4 aromatic heterocycles. The van der Waals surface area contributed by atoms with E-state index in [1.165, 1.54) is 12.3 Å². The number of halogens is 1. The molecule has 0 atom stereocenters. The van der Waals surface area contributed by atoms with Gasteiger partial charge in [-0.25, -0.2) is 4.39 Å². The molecule has 0 radical (unpaired) electrons. The molecule has 0 fully saturated rings. The molecule has 4 aromatic rings. The lowest BCUT2D eigenvalue weighted by molar-refractivity contribution is 0.0950. The number of carbonyl (C=O) groups excluding carboxylic acids is 1. The van der Waals surface area contributed by atoms with Crippen molar-refractivity contribution in [3.63, 3.8) is 0 Å². The third-order valence-electron chi connectivity index (χ3n) is 4.37. The van der Waals surface area contributed by atoms with Gasteiger partial charge in [0.2, 0.25) is 0 Å². The molecular formula is C22H17FN6O. The molecular weight excluding hydrogens is 383 g/mol. The lowest BCUT2D eigenvalue weighted by Crippen LogP contribution is -2.23. The van der Waals surface area contributed by atoms with E-state index in [0.717, 1.165) is 5.69 Å². The molecule has 0 aromatic carbocycles. The number of amides is 1. The summed E-state index contributed by atoms with van der Waals surface area (Å²) < 4.78 is 14.5. The van der Waals surface area contributed by atoms with Crippen LogP contribution in [0.4, 0.5) is 4.39 Å². The molecule has 0 aliphatic heterocycles. The summed E-state index contributed by atoms with van der Waals surface area (Å²) in [6.45, 7) is 1.98. The number of nitrogens with zero attached hydrogens (tertiary/aromatic N) is 5. The Bertz CT molecular complexity index is 1180. The van der Waals surface area contributed by atoms with Crippen LogP contribution in [0.15, 0.2) is 67.5 Å². The maximum Gasteiger partial charge on any atom is 0.253 e. The summed E-state index contributed by atoms with van der Waals surface area (Å²) in [6, 6.07) is 8.20. The van der Waals surface area contributed by atoms with Crippen LogP contribution in [0.5, 0.6) is 0 Å². The minimum atomic E-state index is -0.456. The van der Waals surface area contributed by atoms with Crippen LogP contribution < -0.4 is 5.32 Å². The second-order valence-corrected chi connectivity index (χ2v) is 6.57. The molecule has 0 bridgehead atoms. The summed E-state index contributed by atoms with van der Waals surface area (Å²) in [5.74, 6) is -0.773. The highest BCUT2D eigenvalue weighted by Crippen LogP contribution is 2.21. The molecule has 30 heavy (non-hydrogen) atoms. The van der Waals surface area contributed by atoms with Gasteiger partial charge in [0, 0.05) is 48.8 Å². The minimum absolute atomic E-state index is 0.143. The van der Waals surface area contributed by atoms with Gasteiger partial charge < -0.3 is 5.32 Å². The molecule has 4 heterocycles. The maximum atomic E-state index is 14.5. The van der Waals surface area contributed by atoms with Gasteiger partial charge in [0.1, 0.15) is 17.2 Å². The molecule has 0 aliphatic rings. The Morgan fingerprint density at radius 3 is 2.53 bits per heavy atom. The molecule has 0 spiro atoms. The van der Waals surface area contributed by atoms with Crippen molar-refractivity contribution in [3.05, 3.63) is 90.2 Å². The van der Waals surface area contributed by atoms with Crippen LogP contribution in [0.2, 0.25) is 0 Å². The molecule has 0 aliphatic carbocycles. The number of rotatable bonds is 5. The van der Waals surface area contributed by atoms with Gasteiger partial charge in [-0.3, -0.25) is 29.7 Å². The van der Waals surface area contributed by atoms with E-state index in [0.29, 0.717) is 28.1 Å². The number of aromatic nitrogens is 5. The van der Waals surface area contributed by atoms with Crippen LogP contribution in [-0.4, -0.2) is 30.8 Å². The van der Waals surface area contributed by atoms with Crippen molar-refractivity contribution in [2.45, 2.75) is 13.5 Å². The average Bonchev–Trinajstić information content (AvgIpc) is 2.78. The Kier molecular flexibility index (Phi) is 5.47. The van der Waals surface area contributed by atoms with E-state index in [-0.39, 0.29) is 18.1 Å². The highest BCUT2D eigenvalue weighted by atomic mass is 19.1. The second-order valence-electron chi connectivity index (χ2n) is 6.57. The van der Waals surface area contributed by atoms with Crippen molar-refractivity contribution in [2.75, 3.05) is 0 Å². The van der Waals surface area contributed by atoms with Crippen molar-refractivity contribution in [1.82, 2.24) is 30.2 Å². The highest BCUT2D eigenvalue weighted by molar-refractivity contribution is 5.94. The van der Waals surface area contributed by atoms with Crippen LogP contribution in [0.3, 0.4) is 0 Å². The molecule has 0 saturated carbocycles. The first-order chi connectivity index (χ1) is 14.6. The van der Waals surface area contributed by atoms with Gasteiger partial charge in [0.15, 0.2) is 0 Å². The molecule has 0 unspecified atom stereocenters. The summed E-state index contributed by atoms with van der Waals surface area (Å²) in [7, 11) is 0. The third kappa shape index (κ3) is 4.33. The van der Waals surface area contributed by atoms with Gasteiger partial charge in [-0.1, -0.05) is 0 Å². The quantitative estimate of drug-likeness (QED) is 0.552. The number of hydrogen-bond acceptors (Lipinski definition) is 6. The fourth-order valence-corrected chi connectivity index (χ4v) is 2.87. The first-order valence-electron chi connectivity index (χ1n) is 9.18. The largest absolute Gasteiger partial charge is 0.348 e. The fraction of sp³-hybridized carbons (Fsp3) is 0.0909. The lowest BCUT2D eigenvalue weighted by atomic mass is 10.1. The number of carbonyl (C=O) groups is 1. The third-order valence-corrected chi connectivity index (χ3v) is 4.37. The van der Waals surface area contributed by atoms with E-state index < -0.39 is 5.82 Å². The normalized spacial score (nSPS) is 10.6. The zero-order valence-corrected chi connectivity index (χ0v) is 16.1. The van der Waals surface area contributed by atoms with Crippen LogP contribution in [0, 0.1) is 12.7 Å². The minimum Gasteiger partial charge on any atom is -0.348 e. The number of nitrogens with one attached hydrogen (secondary N) is 1. The molecule has 148 valence electrons. The zero-order valence-electron chi connectivity index (χ0n) is 16.1. The molecule has 4 rings (SSSR count). The van der Waals surface area contributed by atoms with Gasteiger partial charge in [-0.2, -0.15) is 0 Å². The number of pyridine rings is 3. The van der Waals surface area contributed by atoms with Gasteiger partial charge >= 0.3 is 0 Å². The van der Waals surface area contributed by atoms with Crippen LogP contribution >= 0.6 is 0 Å². The molecule has 1 N–H and O–H groups in total. The van der Waals surface area contributed by atoms with Gasteiger partial charge in [-0.05, 0) is 42.8 Å². The Balaban J connectivity index is 1.42. The van der Waals surface area contributed by atoms with E-state index in [4.69, 9.17) is 0 Å². The van der Waals surface area contributed by atoms with Crippen molar-refractivity contribution in [2.24, 2.45) is 0 Å². The first kappa shape index (κ1) is 19.3. The Morgan fingerprint density at radius 1 is 0.933 bits per heavy atom. The van der Waals surface area contributed by atoms with E-state index in [1.807, 2.05) is 6.92 Å². The predicted octanol–water partition coefficient (Wildman–Crippen LogP) is 3.37. The van der Waals surface area contributed by atoms with Crippen molar-refractivity contribution >= 4 is 5.91 Å². The first-order valence-corrected chi connectivity index (χ1v) is 9.18. The van der Waals surface area contributed by atoms with E-state index in [2.05, 4.69) is 30.2 Å². The summed E-state index contributed by atoms with van der Waals surface area (Å²) in [5, 5.41) is 2.75. The van der Waals surface area contributed by atoms with Crippen LogP contribution in [0.25, 0.3) is 22.6 Å². The predicted molar refractivity (Wildman–Crippen MR) is 109 cm³/mol.